The smallest absolute Gasteiger partial charge is 0.228 e. The maximum atomic E-state index is 13.0. The van der Waals surface area contributed by atoms with Gasteiger partial charge in [0.05, 0.1) is 0 Å². The molecule has 0 aromatic carbocycles. The molecule has 1 amide bonds. The average Bonchev–Trinajstić information content (AvgIpc) is 2.46. The van der Waals surface area contributed by atoms with Gasteiger partial charge in [0.1, 0.15) is 0 Å². The molecule has 1 saturated carbocycles. The molecule has 1 aliphatic heterocycles. The van der Waals surface area contributed by atoms with Crippen molar-refractivity contribution >= 4 is 5.91 Å². The van der Waals surface area contributed by atoms with Crippen molar-refractivity contribution in [2.45, 2.75) is 72.3 Å². The normalized spacial score (nSPS) is 27.4. The molecule has 2 aliphatic rings. The molecule has 0 spiro atoms. The van der Waals surface area contributed by atoms with Gasteiger partial charge in [-0.25, -0.2) is 0 Å². The van der Waals surface area contributed by atoms with Crippen LogP contribution in [-0.4, -0.2) is 37.0 Å². The van der Waals surface area contributed by atoms with Crippen LogP contribution < -0.4 is 5.32 Å². The van der Waals surface area contributed by atoms with E-state index in [0.717, 1.165) is 25.9 Å². The zero-order chi connectivity index (χ0) is 15.7. The molecule has 3 nitrogen and oxygen atoms in total. The number of rotatable bonds is 3. The molecule has 21 heavy (non-hydrogen) atoms. The van der Waals surface area contributed by atoms with E-state index in [1.54, 1.807) is 0 Å². The molecule has 2 fully saturated rings. The van der Waals surface area contributed by atoms with Crippen LogP contribution in [0.5, 0.6) is 0 Å². The average molecular weight is 294 g/mol. The van der Waals surface area contributed by atoms with E-state index in [9.17, 15) is 4.79 Å². The number of amides is 1. The van der Waals surface area contributed by atoms with E-state index < -0.39 is 0 Å². The molecule has 0 aromatic rings. The summed E-state index contributed by atoms with van der Waals surface area (Å²) >= 11 is 0. The summed E-state index contributed by atoms with van der Waals surface area (Å²) in [4.78, 5) is 15.1. The zero-order valence-electron chi connectivity index (χ0n) is 14.7. The first-order valence-electron chi connectivity index (χ1n) is 8.72. The predicted molar refractivity (Wildman–Crippen MR) is 88.2 cm³/mol. The molecule has 0 aromatic heterocycles. The summed E-state index contributed by atoms with van der Waals surface area (Å²) in [6.45, 7) is 11.1. The van der Waals surface area contributed by atoms with Crippen LogP contribution in [0.2, 0.25) is 0 Å². The minimum absolute atomic E-state index is 0.241. The van der Waals surface area contributed by atoms with E-state index >= 15 is 0 Å². The van der Waals surface area contributed by atoms with Gasteiger partial charge in [-0.05, 0) is 62.9 Å². The number of hydrogen-bond donors (Lipinski definition) is 1. The molecule has 0 radical (unpaired) electrons. The molecule has 3 heteroatoms. The van der Waals surface area contributed by atoms with Crippen molar-refractivity contribution in [3.05, 3.63) is 0 Å². The van der Waals surface area contributed by atoms with E-state index in [0.29, 0.717) is 23.3 Å². The first-order chi connectivity index (χ1) is 9.74. The minimum Gasteiger partial charge on any atom is -0.342 e. The lowest BCUT2D eigenvalue weighted by Gasteiger charge is -2.43. The molecule has 0 bridgehead atoms. The fraction of sp³-hybridized carbons (Fsp3) is 0.944. The number of carbonyl (C=O) groups excluding carboxylic acids is 1. The Kier molecular flexibility index (Phi) is 5.02. The van der Waals surface area contributed by atoms with Crippen molar-refractivity contribution in [2.24, 2.45) is 16.7 Å². The van der Waals surface area contributed by atoms with Crippen molar-refractivity contribution in [3.8, 4) is 0 Å². The van der Waals surface area contributed by atoms with Crippen molar-refractivity contribution in [1.82, 2.24) is 10.2 Å². The minimum atomic E-state index is -0.241. The second-order valence-electron chi connectivity index (χ2n) is 8.58. The van der Waals surface area contributed by atoms with E-state index in [4.69, 9.17) is 0 Å². The number of carbonyl (C=O) groups is 1. The van der Waals surface area contributed by atoms with Crippen molar-refractivity contribution in [1.29, 1.82) is 0 Å². The lowest BCUT2D eigenvalue weighted by atomic mass is 9.72. The molecule has 122 valence electrons. The standard InChI is InChI=1S/C18H34N2O/c1-17(2)10-8-15(9-11-17)20(5)16(21)18(3,4)14-7-6-12-19-13-14/h14-15,19H,6-13H2,1-5H3. The lowest BCUT2D eigenvalue weighted by molar-refractivity contribution is -0.145. The van der Waals surface area contributed by atoms with Gasteiger partial charge in [0.25, 0.3) is 0 Å². The molecule has 2 rings (SSSR count). The molecular formula is C18H34N2O. The summed E-state index contributed by atoms with van der Waals surface area (Å²) in [6, 6.07) is 0.446. The third kappa shape index (κ3) is 3.80. The van der Waals surface area contributed by atoms with Gasteiger partial charge in [-0.15, -0.1) is 0 Å². The Hall–Kier alpha value is -0.570. The number of piperidine rings is 1. The fourth-order valence-electron chi connectivity index (χ4n) is 4.03. The van der Waals surface area contributed by atoms with Crippen LogP contribution in [0, 0.1) is 16.7 Å². The van der Waals surface area contributed by atoms with Crippen molar-refractivity contribution in [3.63, 3.8) is 0 Å². The van der Waals surface area contributed by atoms with Crippen LogP contribution >= 0.6 is 0 Å². The van der Waals surface area contributed by atoms with E-state index in [2.05, 4.69) is 37.9 Å². The topological polar surface area (TPSA) is 32.3 Å². The molecular weight excluding hydrogens is 260 g/mol. The highest BCUT2D eigenvalue weighted by atomic mass is 16.2. The number of nitrogens with one attached hydrogen (secondary N) is 1. The highest BCUT2D eigenvalue weighted by molar-refractivity contribution is 5.82. The van der Waals surface area contributed by atoms with Crippen LogP contribution in [0.1, 0.15) is 66.2 Å². The van der Waals surface area contributed by atoms with Gasteiger partial charge in [-0.2, -0.15) is 0 Å². The van der Waals surface area contributed by atoms with Gasteiger partial charge in [0, 0.05) is 18.5 Å². The van der Waals surface area contributed by atoms with Crippen molar-refractivity contribution < 1.29 is 4.79 Å². The highest BCUT2D eigenvalue weighted by Crippen LogP contribution is 2.39. The molecule has 1 unspecified atom stereocenters. The Bertz CT molecular complexity index is 359. The summed E-state index contributed by atoms with van der Waals surface area (Å²) in [5.41, 5.74) is 0.221. The molecule has 1 aliphatic carbocycles. The van der Waals surface area contributed by atoms with Crippen LogP contribution in [0.3, 0.4) is 0 Å². The Labute approximate surface area is 130 Å². The van der Waals surface area contributed by atoms with E-state index in [1.807, 2.05) is 7.05 Å². The second-order valence-corrected chi connectivity index (χ2v) is 8.58. The molecule has 1 saturated heterocycles. The Morgan fingerprint density at radius 1 is 1.19 bits per heavy atom. The monoisotopic (exact) mass is 294 g/mol. The van der Waals surface area contributed by atoms with Crippen molar-refractivity contribution in [2.75, 3.05) is 20.1 Å². The van der Waals surface area contributed by atoms with Gasteiger partial charge in [-0.3, -0.25) is 4.79 Å². The van der Waals surface area contributed by atoms with Crippen LogP contribution in [-0.2, 0) is 4.79 Å². The number of hydrogen-bond acceptors (Lipinski definition) is 2. The third-order valence-electron chi connectivity index (χ3n) is 6.05. The lowest BCUT2D eigenvalue weighted by Crippen LogP contribution is -2.51. The molecule has 1 atom stereocenters. The largest absolute Gasteiger partial charge is 0.342 e. The Morgan fingerprint density at radius 2 is 1.81 bits per heavy atom. The summed E-state index contributed by atoms with van der Waals surface area (Å²) in [6.07, 6.45) is 7.17. The first-order valence-corrected chi connectivity index (χ1v) is 8.72. The van der Waals surface area contributed by atoms with Crippen LogP contribution in [0.25, 0.3) is 0 Å². The SMILES string of the molecule is CN(C(=O)C(C)(C)C1CCCNC1)C1CCC(C)(C)CC1. The number of nitrogens with zero attached hydrogens (tertiary/aromatic N) is 1. The van der Waals surface area contributed by atoms with Gasteiger partial charge in [0.15, 0.2) is 0 Å². The summed E-state index contributed by atoms with van der Waals surface area (Å²) in [5.74, 6) is 0.821. The third-order valence-corrected chi connectivity index (χ3v) is 6.05. The molecule has 1 N–H and O–H groups in total. The maximum absolute atomic E-state index is 13.0. The summed E-state index contributed by atoms with van der Waals surface area (Å²) < 4.78 is 0. The highest BCUT2D eigenvalue weighted by Gasteiger charge is 2.41. The van der Waals surface area contributed by atoms with Gasteiger partial charge in [0.2, 0.25) is 5.91 Å². The Morgan fingerprint density at radius 3 is 2.33 bits per heavy atom. The van der Waals surface area contributed by atoms with Gasteiger partial charge in [-0.1, -0.05) is 27.7 Å². The predicted octanol–water partition coefficient (Wildman–Crippen LogP) is 3.44. The van der Waals surface area contributed by atoms with E-state index in [-0.39, 0.29) is 5.41 Å². The first kappa shape index (κ1) is 16.8. The van der Waals surface area contributed by atoms with Gasteiger partial charge < -0.3 is 10.2 Å². The van der Waals surface area contributed by atoms with Crippen LogP contribution in [0.15, 0.2) is 0 Å². The Balaban J connectivity index is 1.97. The van der Waals surface area contributed by atoms with Crippen LogP contribution in [0.4, 0.5) is 0 Å². The second kappa shape index (κ2) is 6.28. The maximum Gasteiger partial charge on any atom is 0.228 e. The summed E-state index contributed by atoms with van der Waals surface area (Å²) in [7, 11) is 2.03. The zero-order valence-corrected chi connectivity index (χ0v) is 14.7. The quantitative estimate of drug-likeness (QED) is 0.865. The summed E-state index contributed by atoms with van der Waals surface area (Å²) in [5, 5.41) is 3.45. The van der Waals surface area contributed by atoms with E-state index in [1.165, 1.54) is 25.7 Å². The fourth-order valence-corrected chi connectivity index (χ4v) is 4.03. The van der Waals surface area contributed by atoms with Gasteiger partial charge >= 0.3 is 0 Å². The molecule has 1 heterocycles.